The molecule has 4 saturated carbocycles. The number of rotatable bonds is 3. The molecule has 5 fully saturated rings. The molecule has 0 spiro atoms. The molecule has 1 aliphatic heterocycles. The molecule has 0 unspecified atom stereocenters. The Bertz CT molecular complexity index is 833. The third kappa shape index (κ3) is 3.58. The van der Waals surface area contributed by atoms with Crippen molar-refractivity contribution in [2.45, 2.75) is 108 Å². The lowest BCUT2D eigenvalue weighted by atomic mass is 9.44. The Morgan fingerprint density at radius 1 is 1.03 bits per heavy atom. The lowest BCUT2D eigenvalue weighted by molar-refractivity contribution is -0.310. The highest BCUT2D eigenvalue weighted by atomic mass is 16.7. The Morgan fingerprint density at radius 2 is 1.76 bits per heavy atom. The summed E-state index contributed by atoms with van der Waals surface area (Å²) in [5.41, 5.74) is -0.481. The van der Waals surface area contributed by atoms with Crippen LogP contribution < -0.4 is 0 Å². The first-order valence-corrected chi connectivity index (χ1v) is 12.8. The standard InChI is InChI=1S/C25H38O9/c1-24-8-7-12(33-23-20(30)18(28)19(29)21(34-23)22(31)32)9-11(24)3-4-13-14-5-6-16(27)25(14,2)10-15(26)17(13)24/h11-15,17-21,23,26,28-30H,3-10H2,1-2H3,(H,31,32)/t11-,12+,13+,14+,15-,17-,18+,19+,20-,21+,23-,24+,25+/m1/s1. The number of carbonyl (C=O) groups excluding carboxylic acids is 1. The van der Waals surface area contributed by atoms with Gasteiger partial charge in [-0.25, -0.2) is 4.79 Å². The molecule has 1 heterocycles. The average molecular weight is 483 g/mol. The lowest BCUT2D eigenvalue weighted by Gasteiger charge is -2.61. The molecule has 0 aromatic rings. The fourth-order valence-electron chi connectivity index (χ4n) is 8.59. The molecule has 0 radical (unpaired) electrons. The number of hydrogen-bond acceptors (Lipinski definition) is 8. The minimum Gasteiger partial charge on any atom is -0.479 e. The molecule has 192 valence electrons. The summed E-state index contributed by atoms with van der Waals surface area (Å²) in [5.74, 6) is -0.0129. The molecular weight excluding hydrogens is 444 g/mol. The first-order chi connectivity index (χ1) is 16.0. The van der Waals surface area contributed by atoms with Gasteiger partial charge in [0.05, 0.1) is 12.2 Å². The molecule has 5 aliphatic rings. The summed E-state index contributed by atoms with van der Waals surface area (Å²) in [6, 6.07) is 0. The van der Waals surface area contributed by atoms with Crippen molar-refractivity contribution in [1.29, 1.82) is 0 Å². The average Bonchev–Trinajstić information content (AvgIpc) is 3.07. The van der Waals surface area contributed by atoms with E-state index in [0.717, 1.165) is 25.7 Å². The van der Waals surface area contributed by atoms with E-state index in [1.807, 2.05) is 0 Å². The zero-order valence-electron chi connectivity index (χ0n) is 19.9. The quantitative estimate of drug-likeness (QED) is 0.368. The molecule has 4 aliphatic carbocycles. The van der Waals surface area contributed by atoms with Gasteiger partial charge in [0.25, 0.3) is 0 Å². The maximum atomic E-state index is 12.7. The summed E-state index contributed by atoms with van der Waals surface area (Å²) in [6.07, 6.45) is -2.58. The fraction of sp³-hybridized carbons (Fsp3) is 0.920. The number of Topliss-reactive ketones (excluding diaryl/α,β-unsaturated/α-hetero) is 1. The van der Waals surface area contributed by atoms with Gasteiger partial charge in [-0.15, -0.1) is 0 Å². The number of carboxylic acid groups (broad SMARTS) is 1. The Labute approximate surface area is 199 Å². The third-order valence-electron chi connectivity index (χ3n) is 10.4. The van der Waals surface area contributed by atoms with E-state index in [1.54, 1.807) is 0 Å². The van der Waals surface area contributed by atoms with Crippen LogP contribution in [0, 0.1) is 34.5 Å². The van der Waals surface area contributed by atoms with Crippen LogP contribution in [0.25, 0.3) is 0 Å². The van der Waals surface area contributed by atoms with Gasteiger partial charge in [0, 0.05) is 11.8 Å². The second-order valence-corrected chi connectivity index (χ2v) is 12.0. The van der Waals surface area contributed by atoms with E-state index in [4.69, 9.17) is 9.47 Å². The van der Waals surface area contributed by atoms with Crippen LogP contribution in [0.5, 0.6) is 0 Å². The Kier molecular flexibility index (Phi) is 6.14. The molecule has 9 heteroatoms. The lowest BCUT2D eigenvalue weighted by Crippen LogP contribution is -2.62. The number of carboxylic acids is 1. The monoisotopic (exact) mass is 482 g/mol. The minimum absolute atomic E-state index is 0.0828. The Morgan fingerprint density at radius 3 is 2.47 bits per heavy atom. The zero-order chi connectivity index (χ0) is 24.6. The van der Waals surface area contributed by atoms with Crippen molar-refractivity contribution < 1.29 is 44.6 Å². The fourth-order valence-corrected chi connectivity index (χ4v) is 8.59. The summed E-state index contributed by atoms with van der Waals surface area (Å²) in [4.78, 5) is 24.0. The molecular formula is C25H38O9. The number of fused-ring (bicyclic) bond motifs is 5. The van der Waals surface area contributed by atoms with Gasteiger partial charge in [0.15, 0.2) is 12.4 Å². The van der Waals surface area contributed by atoms with Crippen LogP contribution in [0.3, 0.4) is 0 Å². The number of carbonyl (C=O) groups is 2. The number of ether oxygens (including phenoxy) is 2. The van der Waals surface area contributed by atoms with E-state index in [1.165, 1.54) is 0 Å². The normalized spacial score (nSPS) is 55.2. The maximum Gasteiger partial charge on any atom is 0.335 e. The number of hydrogen-bond donors (Lipinski definition) is 5. The molecule has 9 nitrogen and oxygen atoms in total. The van der Waals surface area contributed by atoms with E-state index < -0.39 is 48.2 Å². The molecule has 1 saturated heterocycles. The van der Waals surface area contributed by atoms with Crippen molar-refractivity contribution in [3.05, 3.63) is 0 Å². The SMILES string of the molecule is C[C@]12CC[C@H](O[C@@H]3O[C@H](C(=O)O)[C@@H](O)[C@H](O)[C@H]3O)C[C@H]1CC[C@@H]1[C@@H]2[C@H](O)C[C@]2(C)C(=O)CC[C@@H]12. The van der Waals surface area contributed by atoms with Crippen LogP contribution in [0.15, 0.2) is 0 Å². The second-order valence-electron chi connectivity index (χ2n) is 12.0. The highest BCUT2D eigenvalue weighted by Crippen LogP contribution is 2.65. The smallest absolute Gasteiger partial charge is 0.335 e. The Hall–Kier alpha value is -1.10. The second kappa shape index (κ2) is 8.49. The molecule has 0 bridgehead atoms. The number of ketones is 1. The predicted octanol–water partition coefficient (Wildman–Crippen LogP) is 0.846. The van der Waals surface area contributed by atoms with Gasteiger partial charge >= 0.3 is 5.97 Å². The van der Waals surface area contributed by atoms with Gasteiger partial charge in [0.1, 0.15) is 24.1 Å². The molecule has 34 heavy (non-hydrogen) atoms. The molecule has 5 N–H and O–H groups in total. The largest absolute Gasteiger partial charge is 0.479 e. The first kappa shape index (κ1) is 24.6. The zero-order valence-corrected chi connectivity index (χ0v) is 19.9. The van der Waals surface area contributed by atoms with Crippen molar-refractivity contribution >= 4 is 11.8 Å². The highest BCUT2D eigenvalue weighted by molar-refractivity contribution is 5.87. The molecule has 0 aromatic carbocycles. The summed E-state index contributed by atoms with van der Waals surface area (Å²) in [5, 5.41) is 50.9. The minimum atomic E-state index is -1.74. The van der Waals surface area contributed by atoms with Gasteiger partial charge < -0.3 is 35.0 Å². The summed E-state index contributed by atoms with van der Waals surface area (Å²) in [6.45, 7) is 4.32. The maximum absolute atomic E-state index is 12.7. The van der Waals surface area contributed by atoms with Crippen LogP contribution in [-0.2, 0) is 19.1 Å². The van der Waals surface area contributed by atoms with E-state index in [-0.39, 0.29) is 23.4 Å². The van der Waals surface area contributed by atoms with Crippen molar-refractivity contribution in [1.82, 2.24) is 0 Å². The van der Waals surface area contributed by atoms with Crippen LogP contribution in [-0.4, -0.2) is 80.2 Å². The molecule has 13 atom stereocenters. The topological polar surface area (TPSA) is 154 Å². The van der Waals surface area contributed by atoms with E-state index in [2.05, 4.69) is 13.8 Å². The summed E-state index contributed by atoms with van der Waals surface area (Å²) in [7, 11) is 0. The predicted molar refractivity (Wildman–Crippen MR) is 117 cm³/mol. The van der Waals surface area contributed by atoms with Gasteiger partial charge in [-0.05, 0) is 74.0 Å². The Balaban J connectivity index is 1.29. The van der Waals surface area contributed by atoms with Gasteiger partial charge in [-0.3, -0.25) is 4.79 Å². The number of aliphatic carboxylic acids is 1. The van der Waals surface area contributed by atoms with Crippen molar-refractivity contribution in [2.75, 3.05) is 0 Å². The molecule has 5 rings (SSSR count). The van der Waals surface area contributed by atoms with Gasteiger partial charge in [-0.1, -0.05) is 13.8 Å². The first-order valence-electron chi connectivity index (χ1n) is 12.8. The molecule has 0 aromatic heterocycles. The van der Waals surface area contributed by atoms with Crippen molar-refractivity contribution in [3.8, 4) is 0 Å². The highest BCUT2D eigenvalue weighted by Gasteiger charge is 2.63. The van der Waals surface area contributed by atoms with Crippen LogP contribution >= 0.6 is 0 Å². The van der Waals surface area contributed by atoms with E-state index in [9.17, 15) is 35.1 Å². The van der Waals surface area contributed by atoms with Crippen molar-refractivity contribution in [2.24, 2.45) is 34.5 Å². The summed E-state index contributed by atoms with van der Waals surface area (Å²) < 4.78 is 11.3. The number of aliphatic hydroxyl groups excluding tert-OH is 4. The molecule has 0 amide bonds. The van der Waals surface area contributed by atoms with Crippen LogP contribution in [0.4, 0.5) is 0 Å². The van der Waals surface area contributed by atoms with Gasteiger partial charge in [-0.2, -0.15) is 0 Å². The van der Waals surface area contributed by atoms with Gasteiger partial charge in [0.2, 0.25) is 0 Å². The van der Waals surface area contributed by atoms with E-state index >= 15 is 0 Å². The van der Waals surface area contributed by atoms with E-state index in [0.29, 0.717) is 43.3 Å². The van der Waals surface area contributed by atoms with Crippen molar-refractivity contribution in [3.63, 3.8) is 0 Å². The number of aliphatic hydroxyl groups is 4. The summed E-state index contributed by atoms with van der Waals surface area (Å²) >= 11 is 0. The van der Waals surface area contributed by atoms with Crippen LogP contribution in [0.2, 0.25) is 0 Å². The third-order valence-corrected chi connectivity index (χ3v) is 10.4. The van der Waals surface area contributed by atoms with Crippen LogP contribution in [0.1, 0.15) is 65.2 Å².